The normalized spacial score (nSPS) is 10.1. The van der Waals surface area contributed by atoms with Crippen molar-refractivity contribution in [2.75, 3.05) is 0 Å². The monoisotopic (exact) mass is 222 g/mol. The maximum atomic E-state index is 5.88. The SMILES string of the molecule is Clc1cc(Cl)cc(-c2cc[c]cn2)c1. The molecule has 0 N–H and O–H groups in total. The van der Waals surface area contributed by atoms with Gasteiger partial charge in [-0.2, -0.15) is 0 Å². The Morgan fingerprint density at radius 1 is 1.07 bits per heavy atom. The molecule has 0 amide bonds. The lowest BCUT2D eigenvalue weighted by atomic mass is 10.1. The number of rotatable bonds is 1. The van der Waals surface area contributed by atoms with E-state index in [0.717, 1.165) is 11.3 Å². The summed E-state index contributed by atoms with van der Waals surface area (Å²) >= 11 is 11.8. The van der Waals surface area contributed by atoms with Crippen LogP contribution in [0.5, 0.6) is 0 Å². The molecular weight excluding hydrogens is 217 g/mol. The highest BCUT2D eigenvalue weighted by molar-refractivity contribution is 6.35. The number of benzene rings is 1. The number of aromatic nitrogens is 1. The fourth-order valence-corrected chi connectivity index (χ4v) is 1.72. The Balaban J connectivity index is 2.52. The molecule has 0 aliphatic heterocycles. The first kappa shape index (κ1) is 9.50. The molecular formula is C11H6Cl2N. The third-order valence-electron chi connectivity index (χ3n) is 1.77. The van der Waals surface area contributed by atoms with Crippen LogP contribution in [0.2, 0.25) is 10.0 Å². The Bertz CT molecular complexity index is 420. The first-order valence-corrected chi connectivity index (χ1v) is 4.80. The van der Waals surface area contributed by atoms with E-state index in [-0.39, 0.29) is 0 Å². The number of nitrogens with zero attached hydrogens (tertiary/aromatic N) is 1. The van der Waals surface area contributed by atoms with E-state index in [1.165, 1.54) is 0 Å². The summed E-state index contributed by atoms with van der Waals surface area (Å²) in [6.45, 7) is 0. The van der Waals surface area contributed by atoms with Crippen molar-refractivity contribution in [3.8, 4) is 11.3 Å². The van der Waals surface area contributed by atoms with Crippen molar-refractivity contribution < 1.29 is 0 Å². The van der Waals surface area contributed by atoms with Gasteiger partial charge in [0.25, 0.3) is 0 Å². The molecule has 2 aromatic rings. The third kappa shape index (κ3) is 2.06. The van der Waals surface area contributed by atoms with Gasteiger partial charge in [0.15, 0.2) is 0 Å². The fourth-order valence-electron chi connectivity index (χ4n) is 1.19. The van der Waals surface area contributed by atoms with Gasteiger partial charge in [-0.15, -0.1) is 0 Å². The van der Waals surface area contributed by atoms with Crippen LogP contribution in [-0.2, 0) is 0 Å². The van der Waals surface area contributed by atoms with E-state index in [0.29, 0.717) is 10.0 Å². The average molecular weight is 223 g/mol. The largest absolute Gasteiger partial charge is 0.256 e. The van der Waals surface area contributed by atoms with Crippen LogP contribution in [0.4, 0.5) is 0 Å². The van der Waals surface area contributed by atoms with E-state index in [1.807, 2.05) is 18.2 Å². The lowest BCUT2D eigenvalue weighted by Gasteiger charge is -2.01. The van der Waals surface area contributed by atoms with Gasteiger partial charge in [-0.25, -0.2) is 0 Å². The summed E-state index contributed by atoms with van der Waals surface area (Å²) in [5, 5.41) is 1.23. The second kappa shape index (κ2) is 3.99. The molecule has 0 fully saturated rings. The smallest absolute Gasteiger partial charge is 0.0703 e. The first-order chi connectivity index (χ1) is 6.75. The quantitative estimate of drug-likeness (QED) is 0.715. The molecule has 1 heterocycles. The van der Waals surface area contributed by atoms with E-state index in [2.05, 4.69) is 11.1 Å². The summed E-state index contributed by atoms with van der Waals surface area (Å²) in [4.78, 5) is 4.16. The van der Waals surface area contributed by atoms with Gasteiger partial charge < -0.3 is 0 Å². The third-order valence-corrected chi connectivity index (χ3v) is 2.21. The summed E-state index contributed by atoms with van der Waals surface area (Å²) in [7, 11) is 0. The van der Waals surface area contributed by atoms with E-state index >= 15 is 0 Å². The summed E-state index contributed by atoms with van der Waals surface area (Å²) in [6, 6.07) is 11.9. The zero-order valence-corrected chi connectivity index (χ0v) is 8.68. The highest BCUT2D eigenvalue weighted by atomic mass is 35.5. The molecule has 3 heteroatoms. The van der Waals surface area contributed by atoms with Crippen LogP contribution in [0, 0.1) is 6.07 Å². The Labute approximate surface area is 92.3 Å². The van der Waals surface area contributed by atoms with Gasteiger partial charge in [-0.3, -0.25) is 4.98 Å². The Morgan fingerprint density at radius 2 is 1.79 bits per heavy atom. The maximum absolute atomic E-state index is 5.88. The molecule has 0 unspecified atom stereocenters. The minimum atomic E-state index is 0.613. The number of hydrogen-bond donors (Lipinski definition) is 0. The predicted molar refractivity (Wildman–Crippen MR) is 58.5 cm³/mol. The van der Waals surface area contributed by atoms with Crippen LogP contribution in [-0.4, -0.2) is 4.98 Å². The van der Waals surface area contributed by atoms with E-state index in [9.17, 15) is 0 Å². The molecule has 69 valence electrons. The van der Waals surface area contributed by atoms with E-state index in [4.69, 9.17) is 23.2 Å². The number of hydrogen-bond acceptors (Lipinski definition) is 1. The molecule has 1 aromatic heterocycles. The zero-order chi connectivity index (χ0) is 9.97. The summed E-state index contributed by atoms with van der Waals surface area (Å²) < 4.78 is 0. The van der Waals surface area contributed by atoms with Crippen LogP contribution in [0.25, 0.3) is 11.3 Å². The molecule has 0 saturated heterocycles. The van der Waals surface area contributed by atoms with Crippen molar-refractivity contribution in [1.29, 1.82) is 0 Å². The van der Waals surface area contributed by atoms with E-state index < -0.39 is 0 Å². The maximum Gasteiger partial charge on any atom is 0.0703 e. The first-order valence-electron chi connectivity index (χ1n) is 4.04. The second-order valence-corrected chi connectivity index (χ2v) is 3.67. The minimum Gasteiger partial charge on any atom is -0.256 e. The van der Waals surface area contributed by atoms with Gasteiger partial charge in [-0.1, -0.05) is 29.3 Å². The van der Waals surface area contributed by atoms with Crippen LogP contribution in [0.3, 0.4) is 0 Å². The molecule has 0 saturated carbocycles. The zero-order valence-electron chi connectivity index (χ0n) is 7.17. The highest BCUT2D eigenvalue weighted by Gasteiger charge is 2.01. The Hall–Kier alpha value is -1.05. The minimum absolute atomic E-state index is 0.613. The van der Waals surface area contributed by atoms with Crippen molar-refractivity contribution in [2.45, 2.75) is 0 Å². The van der Waals surface area contributed by atoms with Gasteiger partial charge in [0.1, 0.15) is 0 Å². The van der Waals surface area contributed by atoms with E-state index in [1.54, 1.807) is 18.3 Å². The Kier molecular flexibility index (Phi) is 2.71. The second-order valence-electron chi connectivity index (χ2n) is 2.80. The molecule has 0 aliphatic rings. The van der Waals surface area contributed by atoms with Gasteiger partial charge in [0.05, 0.1) is 5.69 Å². The molecule has 0 bridgehead atoms. The molecule has 1 nitrogen and oxygen atoms in total. The van der Waals surface area contributed by atoms with Crippen LogP contribution in [0.15, 0.2) is 36.5 Å². The summed E-state index contributed by atoms with van der Waals surface area (Å²) in [5.74, 6) is 0. The van der Waals surface area contributed by atoms with Gasteiger partial charge in [0.2, 0.25) is 0 Å². The van der Waals surface area contributed by atoms with Crippen molar-refractivity contribution in [2.24, 2.45) is 0 Å². The summed E-state index contributed by atoms with van der Waals surface area (Å²) in [6.07, 6.45) is 1.62. The number of pyridine rings is 1. The molecule has 0 aliphatic carbocycles. The van der Waals surface area contributed by atoms with Crippen molar-refractivity contribution in [3.63, 3.8) is 0 Å². The van der Waals surface area contributed by atoms with Crippen LogP contribution in [0.1, 0.15) is 0 Å². The molecule has 0 atom stereocenters. The van der Waals surface area contributed by atoms with Crippen molar-refractivity contribution in [1.82, 2.24) is 4.98 Å². The average Bonchev–Trinajstić information content (AvgIpc) is 2.18. The number of halogens is 2. The lowest BCUT2D eigenvalue weighted by molar-refractivity contribution is 1.32. The predicted octanol–water partition coefficient (Wildman–Crippen LogP) is 3.86. The van der Waals surface area contributed by atoms with Gasteiger partial charge in [0, 0.05) is 27.9 Å². The molecule has 0 spiro atoms. The molecule has 1 radical (unpaired) electrons. The van der Waals surface area contributed by atoms with Gasteiger partial charge in [-0.05, 0) is 24.3 Å². The van der Waals surface area contributed by atoms with Crippen molar-refractivity contribution >= 4 is 23.2 Å². The molecule has 2 rings (SSSR count). The van der Waals surface area contributed by atoms with Crippen molar-refractivity contribution in [3.05, 3.63) is 52.6 Å². The lowest BCUT2D eigenvalue weighted by Crippen LogP contribution is -1.81. The Morgan fingerprint density at radius 3 is 2.36 bits per heavy atom. The van der Waals surface area contributed by atoms with Crippen LogP contribution >= 0.6 is 23.2 Å². The standard InChI is InChI=1S/C11H6Cl2N/c12-9-5-8(6-10(13)7-9)11-3-1-2-4-14-11/h1,3-7H. The highest BCUT2D eigenvalue weighted by Crippen LogP contribution is 2.25. The van der Waals surface area contributed by atoms with Gasteiger partial charge >= 0.3 is 0 Å². The molecule has 14 heavy (non-hydrogen) atoms. The fraction of sp³-hybridized carbons (Fsp3) is 0. The van der Waals surface area contributed by atoms with Crippen LogP contribution < -0.4 is 0 Å². The molecule has 1 aromatic carbocycles. The topological polar surface area (TPSA) is 12.9 Å². The summed E-state index contributed by atoms with van der Waals surface area (Å²) in [5.41, 5.74) is 1.75.